The Morgan fingerprint density at radius 1 is 1.32 bits per heavy atom. The molecule has 0 bridgehead atoms. The van der Waals surface area contributed by atoms with E-state index in [4.69, 9.17) is 4.74 Å². The van der Waals surface area contributed by atoms with Crippen LogP contribution < -0.4 is 10.2 Å². The summed E-state index contributed by atoms with van der Waals surface area (Å²) >= 11 is 1.52. The Kier molecular flexibility index (Phi) is 6.25. The Morgan fingerprint density at radius 2 is 2.07 bits per heavy atom. The minimum Gasteiger partial charge on any atom is -0.452 e. The average Bonchev–Trinajstić information content (AvgIpc) is 3.39. The maximum absolute atomic E-state index is 12.2. The second kappa shape index (κ2) is 8.83. The molecule has 1 fully saturated rings. The first-order valence-corrected chi connectivity index (χ1v) is 9.87. The van der Waals surface area contributed by atoms with E-state index in [2.05, 4.69) is 5.32 Å². The molecule has 0 saturated carbocycles. The number of nitro groups is 1. The highest BCUT2D eigenvalue weighted by molar-refractivity contribution is 7.10. The summed E-state index contributed by atoms with van der Waals surface area (Å²) in [7, 11) is 0. The fourth-order valence-corrected chi connectivity index (χ4v) is 3.86. The van der Waals surface area contributed by atoms with Gasteiger partial charge >= 0.3 is 5.97 Å². The van der Waals surface area contributed by atoms with E-state index in [9.17, 15) is 19.7 Å². The predicted molar refractivity (Wildman–Crippen MR) is 106 cm³/mol. The second-order valence-electron chi connectivity index (χ2n) is 6.54. The SMILES string of the molecule is C[C@H](NC(=O)COC(=O)c1ccc(N2CCCC2)c([N+](=O)[O-])c1)c1cccs1. The zero-order valence-corrected chi connectivity index (χ0v) is 16.2. The molecule has 1 aliphatic rings. The van der Waals surface area contributed by atoms with Gasteiger partial charge in [-0.15, -0.1) is 11.3 Å². The quantitative estimate of drug-likeness (QED) is 0.432. The number of hydrogen-bond donors (Lipinski definition) is 1. The van der Waals surface area contributed by atoms with Gasteiger partial charge < -0.3 is 15.0 Å². The fourth-order valence-electron chi connectivity index (χ4n) is 3.13. The molecular weight excluding hydrogens is 382 g/mol. The first kappa shape index (κ1) is 19.8. The number of carbonyl (C=O) groups is 2. The molecule has 1 amide bonds. The lowest BCUT2D eigenvalue weighted by Crippen LogP contribution is -2.30. The van der Waals surface area contributed by atoms with Crippen molar-refractivity contribution in [3.05, 3.63) is 56.3 Å². The average molecular weight is 403 g/mol. The zero-order chi connectivity index (χ0) is 20.1. The summed E-state index contributed by atoms with van der Waals surface area (Å²) in [5.74, 6) is -1.20. The van der Waals surface area contributed by atoms with Crippen LogP contribution >= 0.6 is 11.3 Å². The molecule has 9 heteroatoms. The van der Waals surface area contributed by atoms with E-state index in [0.717, 1.165) is 30.8 Å². The third-order valence-electron chi connectivity index (χ3n) is 4.54. The number of carbonyl (C=O) groups excluding carboxylic acids is 2. The summed E-state index contributed by atoms with van der Waals surface area (Å²) < 4.78 is 5.02. The third-order valence-corrected chi connectivity index (χ3v) is 5.59. The summed E-state index contributed by atoms with van der Waals surface area (Å²) in [6, 6.07) is 7.88. The molecule has 1 aromatic heterocycles. The Morgan fingerprint density at radius 3 is 2.71 bits per heavy atom. The zero-order valence-electron chi connectivity index (χ0n) is 15.4. The molecule has 1 aliphatic heterocycles. The maximum Gasteiger partial charge on any atom is 0.338 e. The Hall–Kier alpha value is -2.94. The summed E-state index contributed by atoms with van der Waals surface area (Å²) in [6.07, 6.45) is 1.97. The molecule has 1 atom stereocenters. The Labute approximate surface area is 166 Å². The maximum atomic E-state index is 12.2. The van der Waals surface area contributed by atoms with E-state index < -0.39 is 23.4 Å². The largest absolute Gasteiger partial charge is 0.452 e. The smallest absolute Gasteiger partial charge is 0.338 e. The number of nitrogens with zero attached hydrogens (tertiary/aromatic N) is 2. The van der Waals surface area contributed by atoms with Crippen LogP contribution in [0.15, 0.2) is 35.7 Å². The van der Waals surface area contributed by atoms with Crippen molar-refractivity contribution in [2.24, 2.45) is 0 Å². The van der Waals surface area contributed by atoms with E-state index in [0.29, 0.717) is 5.69 Å². The third kappa shape index (κ3) is 4.66. The van der Waals surface area contributed by atoms with Gasteiger partial charge in [0.05, 0.1) is 16.5 Å². The molecule has 0 spiro atoms. The van der Waals surface area contributed by atoms with Crippen molar-refractivity contribution in [3.8, 4) is 0 Å². The van der Waals surface area contributed by atoms with E-state index in [-0.39, 0.29) is 17.3 Å². The van der Waals surface area contributed by atoms with Crippen molar-refractivity contribution in [1.82, 2.24) is 5.32 Å². The molecule has 1 N–H and O–H groups in total. The van der Waals surface area contributed by atoms with Gasteiger partial charge in [-0.2, -0.15) is 0 Å². The van der Waals surface area contributed by atoms with Crippen LogP contribution in [-0.4, -0.2) is 36.5 Å². The van der Waals surface area contributed by atoms with Gasteiger partial charge in [0.1, 0.15) is 5.69 Å². The van der Waals surface area contributed by atoms with E-state index >= 15 is 0 Å². The van der Waals surface area contributed by atoms with Crippen LogP contribution in [0.1, 0.15) is 41.0 Å². The molecule has 2 heterocycles. The number of benzene rings is 1. The van der Waals surface area contributed by atoms with Crippen LogP contribution in [0.25, 0.3) is 0 Å². The molecule has 1 aromatic carbocycles. The van der Waals surface area contributed by atoms with Crippen molar-refractivity contribution < 1.29 is 19.2 Å². The molecule has 3 rings (SSSR count). The van der Waals surface area contributed by atoms with Gasteiger partial charge in [-0.3, -0.25) is 14.9 Å². The molecule has 28 heavy (non-hydrogen) atoms. The van der Waals surface area contributed by atoms with E-state index in [1.165, 1.54) is 23.5 Å². The molecule has 0 aliphatic carbocycles. The van der Waals surface area contributed by atoms with Crippen molar-refractivity contribution >= 4 is 34.6 Å². The number of anilines is 1. The van der Waals surface area contributed by atoms with Gasteiger partial charge in [0.25, 0.3) is 11.6 Å². The normalized spacial score (nSPS) is 14.5. The summed E-state index contributed by atoms with van der Waals surface area (Å²) in [6.45, 7) is 2.91. The van der Waals surface area contributed by atoms with Crippen LogP contribution in [0.2, 0.25) is 0 Å². The molecule has 0 radical (unpaired) electrons. The van der Waals surface area contributed by atoms with Crippen molar-refractivity contribution in [3.63, 3.8) is 0 Å². The molecule has 1 saturated heterocycles. The summed E-state index contributed by atoms with van der Waals surface area (Å²) in [4.78, 5) is 38.1. The van der Waals surface area contributed by atoms with Gasteiger partial charge in [-0.05, 0) is 43.3 Å². The second-order valence-corrected chi connectivity index (χ2v) is 7.51. The first-order valence-electron chi connectivity index (χ1n) is 8.99. The van der Waals surface area contributed by atoms with Gasteiger partial charge in [-0.25, -0.2) is 4.79 Å². The highest BCUT2D eigenvalue weighted by Gasteiger charge is 2.24. The predicted octanol–water partition coefficient (Wildman–Crippen LogP) is 3.29. The fraction of sp³-hybridized carbons (Fsp3) is 0.368. The molecule has 0 unspecified atom stereocenters. The number of esters is 1. The van der Waals surface area contributed by atoms with Gasteiger partial charge in [0.2, 0.25) is 0 Å². The lowest BCUT2D eigenvalue weighted by molar-refractivity contribution is -0.384. The van der Waals surface area contributed by atoms with Crippen LogP contribution in [0, 0.1) is 10.1 Å². The number of nitro benzene ring substituents is 1. The van der Waals surface area contributed by atoms with E-state index in [1.807, 2.05) is 29.3 Å². The first-order chi connectivity index (χ1) is 13.5. The molecule has 2 aromatic rings. The Bertz CT molecular complexity index is 862. The van der Waals surface area contributed by atoms with Crippen LogP contribution in [0.3, 0.4) is 0 Å². The van der Waals surface area contributed by atoms with Crippen molar-refractivity contribution in [2.45, 2.75) is 25.8 Å². The lowest BCUT2D eigenvalue weighted by atomic mass is 10.1. The van der Waals surface area contributed by atoms with Crippen LogP contribution in [0.4, 0.5) is 11.4 Å². The molecular formula is C19H21N3O5S. The highest BCUT2D eigenvalue weighted by Crippen LogP contribution is 2.31. The Balaban J connectivity index is 1.61. The minimum absolute atomic E-state index is 0.0498. The number of ether oxygens (including phenoxy) is 1. The summed E-state index contributed by atoms with van der Waals surface area (Å²) in [5.41, 5.74) is 0.419. The van der Waals surface area contributed by atoms with Crippen LogP contribution in [0.5, 0.6) is 0 Å². The number of thiophene rings is 1. The van der Waals surface area contributed by atoms with Crippen LogP contribution in [-0.2, 0) is 9.53 Å². The number of nitrogens with one attached hydrogen (secondary N) is 1. The number of rotatable bonds is 7. The molecule has 148 valence electrons. The van der Waals surface area contributed by atoms with Crippen molar-refractivity contribution in [1.29, 1.82) is 0 Å². The highest BCUT2D eigenvalue weighted by atomic mass is 32.1. The molecule has 8 nitrogen and oxygen atoms in total. The van der Waals surface area contributed by atoms with E-state index in [1.54, 1.807) is 6.07 Å². The van der Waals surface area contributed by atoms with Gasteiger partial charge in [-0.1, -0.05) is 6.07 Å². The topological polar surface area (TPSA) is 102 Å². The number of amides is 1. The summed E-state index contributed by atoms with van der Waals surface area (Å²) in [5, 5.41) is 16.1. The van der Waals surface area contributed by atoms with Gasteiger partial charge in [0.15, 0.2) is 6.61 Å². The number of hydrogen-bond acceptors (Lipinski definition) is 7. The monoisotopic (exact) mass is 403 g/mol. The lowest BCUT2D eigenvalue weighted by Gasteiger charge is -2.17. The van der Waals surface area contributed by atoms with Crippen molar-refractivity contribution in [2.75, 3.05) is 24.6 Å². The standard InChI is InChI=1S/C19H21N3O5S/c1-13(17-5-4-10-28-17)20-18(23)12-27-19(24)14-6-7-15(16(11-14)22(25)26)21-8-2-3-9-21/h4-7,10-11,13H,2-3,8-9,12H2,1H3,(H,20,23)/t13-/m0/s1. The minimum atomic E-state index is -0.769. The van der Waals surface area contributed by atoms with Gasteiger partial charge in [0, 0.05) is 24.0 Å².